The van der Waals surface area contributed by atoms with Crippen molar-refractivity contribution in [2.45, 2.75) is 57.7 Å². The van der Waals surface area contributed by atoms with Gasteiger partial charge in [0.1, 0.15) is 17.8 Å². The summed E-state index contributed by atoms with van der Waals surface area (Å²) in [5.74, 6) is -1.81. The zero-order valence-electron chi connectivity index (χ0n) is 23.2. The lowest BCUT2D eigenvalue weighted by atomic mass is 10.00. The highest BCUT2D eigenvalue weighted by Crippen LogP contribution is 2.19. The van der Waals surface area contributed by atoms with Gasteiger partial charge in [-0.25, -0.2) is 9.97 Å². The fourth-order valence-electron chi connectivity index (χ4n) is 4.70. The first-order chi connectivity index (χ1) is 19.6. The number of carboxylic acid groups (broad SMARTS) is 2. The van der Waals surface area contributed by atoms with Crippen LogP contribution >= 0.6 is 0 Å². The van der Waals surface area contributed by atoms with E-state index in [4.69, 9.17) is 10.2 Å². The molecule has 0 radical (unpaired) electrons. The predicted molar refractivity (Wildman–Crippen MR) is 149 cm³/mol. The van der Waals surface area contributed by atoms with Gasteiger partial charge in [0.05, 0.1) is 18.9 Å². The Hall–Kier alpha value is -4.10. The quantitative estimate of drug-likeness (QED) is 0.274. The maximum absolute atomic E-state index is 12.6. The molecule has 41 heavy (non-hydrogen) atoms. The summed E-state index contributed by atoms with van der Waals surface area (Å²) in [5, 5.41) is 32.4. The molecule has 222 valence electrons. The molecule has 2 aromatic rings. The monoisotopic (exact) mass is 570 g/mol. The predicted octanol–water partition coefficient (Wildman–Crippen LogP) is 0.984. The van der Waals surface area contributed by atoms with Gasteiger partial charge in [0.15, 0.2) is 0 Å². The van der Waals surface area contributed by atoms with Gasteiger partial charge < -0.3 is 30.9 Å². The van der Waals surface area contributed by atoms with E-state index in [9.17, 15) is 24.3 Å². The number of nitrogens with zero attached hydrogens (tertiary/aromatic N) is 4. The van der Waals surface area contributed by atoms with E-state index in [0.717, 1.165) is 32.4 Å². The molecule has 1 aromatic heterocycles. The summed E-state index contributed by atoms with van der Waals surface area (Å²) in [6, 6.07) is 10.2. The Morgan fingerprint density at radius 3 is 2.29 bits per heavy atom. The number of carbonyl (C=O) groups is 4. The normalized spacial score (nSPS) is 16.0. The summed E-state index contributed by atoms with van der Waals surface area (Å²) in [5.41, 5.74) is 2.93. The van der Waals surface area contributed by atoms with Gasteiger partial charge in [-0.05, 0) is 30.4 Å². The van der Waals surface area contributed by atoms with Crippen molar-refractivity contribution < 1.29 is 34.5 Å². The Labute approximate surface area is 238 Å². The molecule has 2 amide bonds. The first kappa shape index (κ1) is 31.4. The molecule has 0 aliphatic carbocycles. The van der Waals surface area contributed by atoms with Crippen molar-refractivity contribution in [2.24, 2.45) is 0 Å². The molecule has 0 spiro atoms. The van der Waals surface area contributed by atoms with Crippen LogP contribution in [-0.2, 0) is 27.3 Å². The third kappa shape index (κ3) is 10.8. The molecule has 1 saturated heterocycles. The van der Waals surface area contributed by atoms with E-state index in [1.807, 2.05) is 11.0 Å². The standard InChI is InChI=1S/C24H32N6O3.C4H6O4/c1-17(31)30-10-7-20(8-11-30)28-23-12-22(26-16-27-23)24(33)25-13-21(32)15-29-9-6-18-4-2-3-5-19(18)14-29;5-3(6)1-2-4(7)8/h2-5,12,16,20-21,32H,6-11,13-15H2,1H3,(H,25,33)(H,26,27,28);1-2H2,(H,5,6)(H,7,8)/t21-;/m0./s1. The van der Waals surface area contributed by atoms with Crippen LogP contribution in [0.25, 0.3) is 0 Å². The number of aromatic nitrogens is 2. The van der Waals surface area contributed by atoms with E-state index in [1.165, 1.54) is 17.5 Å². The number of hydrogen-bond donors (Lipinski definition) is 5. The van der Waals surface area contributed by atoms with Crippen LogP contribution in [0.1, 0.15) is 54.2 Å². The molecule has 0 bridgehead atoms. The van der Waals surface area contributed by atoms with Crippen LogP contribution in [0.2, 0.25) is 0 Å². The minimum atomic E-state index is -1.08. The highest BCUT2D eigenvalue weighted by molar-refractivity contribution is 5.92. The molecule has 1 atom stereocenters. The summed E-state index contributed by atoms with van der Waals surface area (Å²) in [6.07, 6.45) is 2.75. The maximum atomic E-state index is 12.6. The average Bonchev–Trinajstić information content (AvgIpc) is 2.95. The number of nitrogens with one attached hydrogen (secondary N) is 2. The SMILES string of the molecule is CC(=O)N1CCC(Nc2cc(C(=O)NC[C@H](O)CN3CCc4ccccc4C3)ncn2)CC1.O=C(O)CCC(=O)O. The second-order valence-corrected chi connectivity index (χ2v) is 10.1. The second kappa shape index (κ2) is 15.6. The number of carbonyl (C=O) groups excluding carboxylic acids is 2. The first-order valence-corrected chi connectivity index (χ1v) is 13.6. The van der Waals surface area contributed by atoms with Gasteiger partial charge in [-0.3, -0.25) is 24.1 Å². The van der Waals surface area contributed by atoms with Gasteiger partial charge in [-0.15, -0.1) is 0 Å². The minimum Gasteiger partial charge on any atom is -0.481 e. The summed E-state index contributed by atoms with van der Waals surface area (Å²) in [6.45, 7) is 5.39. The van der Waals surface area contributed by atoms with Gasteiger partial charge in [-0.1, -0.05) is 24.3 Å². The Morgan fingerprint density at radius 2 is 1.66 bits per heavy atom. The Kier molecular flexibility index (Phi) is 12.0. The molecule has 13 heteroatoms. The fraction of sp³-hybridized carbons (Fsp3) is 0.500. The third-order valence-electron chi connectivity index (χ3n) is 6.92. The summed E-state index contributed by atoms with van der Waals surface area (Å²) in [4.78, 5) is 55.7. The van der Waals surface area contributed by atoms with Crippen molar-refractivity contribution >= 4 is 29.6 Å². The zero-order chi connectivity index (χ0) is 29.8. The topological polar surface area (TPSA) is 185 Å². The highest BCUT2D eigenvalue weighted by atomic mass is 16.4. The van der Waals surface area contributed by atoms with E-state index in [0.29, 0.717) is 25.5 Å². The number of carboxylic acids is 2. The van der Waals surface area contributed by atoms with Crippen LogP contribution < -0.4 is 10.6 Å². The van der Waals surface area contributed by atoms with Gasteiger partial charge in [0.2, 0.25) is 5.91 Å². The van der Waals surface area contributed by atoms with E-state index in [-0.39, 0.29) is 42.9 Å². The van der Waals surface area contributed by atoms with Gasteiger partial charge in [-0.2, -0.15) is 0 Å². The number of aliphatic carboxylic acids is 2. The molecular weight excluding hydrogens is 532 g/mol. The van der Waals surface area contributed by atoms with Gasteiger partial charge in [0, 0.05) is 58.3 Å². The number of amides is 2. The van der Waals surface area contributed by atoms with Crippen molar-refractivity contribution in [3.05, 3.63) is 53.5 Å². The van der Waals surface area contributed by atoms with Gasteiger partial charge in [0.25, 0.3) is 5.91 Å². The Morgan fingerprint density at radius 1 is 1.00 bits per heavy atom. The van der Waals surface area contributed by atoms with Crippen LogP contribution in [0.5, 0.6) is 0 Å². The van der Waals surface area contributed by atoms with Crippen molar-refractivity contribution in [1.29, 1.82) is 0 Å². The summed E-state index contributed by atoms with van der Waals surface area (Å²) in [7, 11) is 0. The average molecular weight is 571 g/mol. The van der Waals surface area contributed by atoms with E-state index in [2.05, 4.69) is 43.7 Å². The number of anilines is 1. The highest BCUT2D eigenvalue weighted by Gasteiger charge is 2.22. The van der Waals surface area contributed by atoms with Crippen LogP contribution in [0.15, 0.2) is 36.7 Å². The lowest BCUT2D eigenvalue weighted by molar-refractivity contribution is -0.143. The molecule has 5 N–H and O–H groups in total. The second-order valence-electron chi connectivity index (χ2n) is 10.1. The molecule has 0 unspecified atom stereocenters. The number of likely N-dealkylation sites (tertiary alicyclic amines) is 1. The van der Waals surface area contributed by atoms with Crippen molar-refractivity contribution in [2.75, 3.05) is 38.0 Å². The number of aliphatic hydroxyl groups is 1. The Balaban J connectivity index is 0.000000507. The number of aliphatic hydroxyl groups excluding tert-OH is 1. The van der Waals surface area contributed by atoms with E-state index < -0.39 is 18.0 Å². The molecule has 1 aromatic carbocycles. The third-order valence-corrected chi connectivity index (χ3v) is 6.92. The smallest absolute Gasteiger partial charge is 0.303 e. The summed E-state index contributed by atoms with van der Waals surface area (Å²) >= 11 is 0. The molecule has 1 fully saturated rings. The van der Waals surface area contributed by atoms with Crippen LogP contribution in [0.3, 0.4) is 0 Å². The number of fused-ring (bicyclic) bond motifs is 1. The van der Waals surface area contributed by atoms with Crippen molar-refractivity contribution in [3.63, 3.8) is 0 Å². The number of β-amino-alcohol motifs (C(OH)–C–C–N with tert-alkyl or cyclic N) is 1. The largest absolute Gasteiger partial charge is 0.481 e. The molecule has 4 rings (SSSR count). The Bertz CT molecular complexity index is 1190. The minimum absolute atomic E-state index is 0.0988. The molecule has 0 saturated carbocycles. The van der Waals surface area contributed by atoms with E-state index in [1.54, 1.807) is 13.0 Å². The van der Waals surface area contributed by atoms with Crippen LogP contribution in [-0.4, -0.2) is 104 Å². The lowest BCUT2D eigenvalue weighted by Gasteiger charge is -2.31. The first-order valence-electron chi connectivity index (χ1n) is 13.6. The number of rotatable bonds is 10. The zero-order valence-corrected chi connectivity index (χ0v) is 23.2. The van der Waals surface area contributed by atoms with Crippen LogP contribution in [0.4, 0.5) is 5.82 Å². The summed E-state index contributed by atoms with van der Waals surface area (Å²) < 4.78 is 0. The fourth-order valence-corrected chi connectivity index (χ4v) is 4.70. The molecule has 3 heterocycles. The molecular formula is C28H38N6O7. The van der Waals surface area contributed by atoms with Crippen LogP contribution in [0, 0.1) is 0 Å². The lowest BCUT2D eigenvalue weighted by Crippen LogP contribution is -2.42. The maximum Gasteiger partial charge on any atom is 0.303 e. The molecule has 13 nitrogen and oxygen atoms in total. The van der Waals surface area contributed by atoms with Gasteiger partial charge >= 0.3 is 11.9 Å². The number of piperidine rings is 1. The number of hydrogen-bond acceptors (Lipinski definition) is 9. The van der Waals surface area contributed by atoms with Crippen molar-refractivity contribution in [1.82, 2.24) is 25.1 Å². The van der Waals surface area contributed by atoms with Crippen molar-refractivity contribution in [3.8, 4) is 0 Å². The number of benzene rings is 1. The molecule has 2 aliphatic heterocycles. The van der Waals surface area contributed by atoms with E-state index >= 15 is 0 Å². The molecule has 2 aliphatic rings.